The van der Waals surface area contributed by atoms with Crippen molar-refractivity contribution in [3.63, 3.8) is 0 Å². The van der Waals surface area contributed by atoms with Crippen LogP contribution >= 0.6 is 15.9 Å². The summed E-state index contributed by atoms with van der Waals surface area (Å²) in [5.41, 5.74) is 6.09. The molecular weight excluding hydrogens is 343 g/mol. The summed E-state index contributed by atoms with van der Waals surface area (Å²) in [6, 6.07) is 5.36. The Balaban J connectivity index is 2.32. The molecule has 0 unspecified atom stereocenters. The Labute approximate surface area is 129 Å². The highest BCUT2D eigenvalue weighted by Crippen LogP contribution is 2.33. The first-order valence-electron chi connectivity index (χ1n) is 6.07. The molecule has 0 amide bonds. The second kappa shape index (κ2) is 6.53. The van der Waals surface area contributed by atoms with E-state index in [9.17, 15) is 9.18 Å². The van der Waals surface area contributed by atoms with E-state index in [-0.39, 0.29) is 23.7 Å². The van der Waals surface area contributed by atoms with Crippen molar-refractivity contribution in [2.75, 3.05) is 12.3 Å². The smallest absolute Gasteiger partial charge is 0.340 e. The van der Waals surface area contributed by atoms with E-state index in [1.54, 1.807) is 6.92 Å². The van der Waals surface area contributed by atoms with E-state index in [2.05, 4.69) is 20.9 Å². The van der Waals surface area contributed by atoms with Crippen molar-refractivity contribution in [3.8, 4) is 11.6 Å². The molecule has 21 heavy (non-hydrogen) atoms. The molecule has 5 nitrogen and oxygen atoms in total. The van der Waals surface area contributed by atoms with Crippen molar-refractivity contribution in [1.29, 1.82) is 0 Å². The van der Waals surface area contributed by atoms with Crippen LogP contribution in [-0.2, 0) is 4.74 Å². The predicted octanol–water partition coefficient (Wildman–Crippen LogP) is 3.53. The Morgan fingerprint density at radius 2 is 2.19 bits per heavy atom. The molecule has 0 fully saturated rings. The molecule has 0 bridgehead atoms. The minimum Gasteiger partial charge on any atom is -0.462 e. The number of hydrogen-bond donors (Lipinski definition) is 1. The van der Waals surface area contributed by atoms with Gasteiger partial charge in [-0.2, -0.15) is 0 Å². The summed E-state index contributed by atoms with van der Waals surface area (Å²) in [5.74, 6) is -0.583. The van der Waals surface area contributed by atoms with Crippen LogP contribution < -0.4 is 10.5 Å². The topological polar surface area (TPSA) is 74.4 Å². The summed E-state index contributed by atoms with van der Waals surface area (Å²) in [6.07, 6.45) is 1.38. The average molecular weight is 355 g/mol. The number of nitrogens with two attached hydrogens (primary N) is 1. The zero-order valence-corrected chi connectivity index (χ0v) is 12.7. The van der Waals surface area contributed by atoms with Crippen molar-refractivity contribution in [2.24, 2.45) is 0 Å². The fourth-order valence-corrected chi connectivity index (χ4v) is 2.02. The molecule has 2 aromatic rings. The van der Waals surface area contributed by atoms with E-state index in [4.69, 9.17) is 15.2 Å². The number of anilines is 1. The van der Waals surface area contributed by atoms with E-state index in [1.165, 1.54) is 30.5 Å². The maximum absolute atomic E-state index is 13.0. The minimum atomic E-state index is -0.555. The van der Waals surface area contributed by atoms with Crippen LogP contribution in [0.2, 0.25) is 0 Å². The van der Waals surface area contributed by atoms with Crippen molar-refractivity contribution in [2.45, 2.75) is 6.92 Å². The summed E-state index contributed by atoms with van der Waals surface area (Å²) in [6.45, 7) is 1.93. The first-order chi connectivity index (χ1) is 10.0. The number of halogens is 2. The first kappa shape index (κ1) is 15.2. The minimum absolute atomic E-state index is 0.0489. The van der Waals surface area contributed by atoms with Gasteiger partial charge in [0, 0.05) is 6.20 Å². The zero-order valence-electron chi connectivity index (χ0n) is 11.1. The van der Waals surface area contributed by atoms with Gasteiger partial charge in [0.2, 0.25) is 5.88 Å². The summed E-state index contributed by atoms with van der Waals surface area (Å²) < 4.78 is 23.8. The average Bonchev–Trinajstić information content (AvgIpc) is 2.44. The number of esters is 1. The number of aromatic nitrogens is 1. The quantitative estimate of drug-likeness (QED) is 0.850. The van der Waals surface area contributed by atoms with Gasteiger partial charge in [0.05, 0.1) is 16.6 Å². The van der Waals surface area contributed by atoms with Gasteiger partial charge in [-0.25, -0.2) is 14.2 Å². The maximum Gasteiger partial charge on any atom is 0.340 e. The normalized spacial score (nSPS) is 10.2. The molecule has 1 aromatic heterocycles. The van der Waals surface area contributed by atoms with E-state index >= 15 is 0 Å². The van der Waals surface area contributed by atoms with Gasteiger partial charge in [-0.1, -0.05) is 0 Å². The van der Waals surface area contributed by atoms with Gasteiger partial charge in [0.1, 0.15) is 17.3 Å². The standard InChI is InChI=1S/C14H12BrFN2O3/c1-2-20-14(19)9-5-6-18-13(12(9)17)21-11-4-3-8(16)7-10(11)15/h3-7H,2,17H2,1H3. The number of rotatable bonds is 4. The molecule has 0 aliphatic rings. The highest BCUT2D eigenvalue weighted by atomic mass is 79.9. The van der Waals surface area contributed by atoms with Crippen LogP contribution in [0.25, 0.3) is 0 Å². The van der Waals surface area contributed by atoms with Gasteiger partial charge in [0.25, 0.3) is 0 Å². The second-order valence-corrected chi connectivity index (χ2v) is 4.83. The fourth-order valence-electron chi connectivity index (χ4n) is 1.58. The van der Waals surface area contributed by atoms with Crippen molar-refractivity contribution < 1.29 is 18.7 Å². The number of nitrogen functional groups attached to an aromatic ring is 1. The number of ether oxygens (including phenoxy) is 2. The molecule has 1 aromatic carbocycles. The fraction of sp³-hybridized carbons (Fsp3) is 0.143. The van der Waals surface area contributed by atoms with Gasteiger partial charge in [-0.15, -0.1) is 0 Å². The van der Waals surface area contributed by atoms with E-state index in [0.29, 0.717) is 10.2 Å². The lowest BCUT2D eigenvalue weighted by Gasteiger charge is -2.11. The van der Waals surface area contributed by atoms with Crippen LogP contribution in [0, 0.1) is 5.82 Å². The highest BCUT2D eigenvalue weighted by Gasteiger charge is 2.16. The third kappa shape index (κ3) is 3.49. The molecule has 2 N–H and O–H groups in total. The highest BCUT2D eigenvalue weighted by molar-refractivity contribution is 9.10. The Kier molecular flexibility index (Phi) is 4.74. The summed E-state index contributed by atoms with van der Waals surface area (Å²) in [5, 5.41) is 0. The van der Waals surface area contributed by atoms with Crippen LogP contribution in [0.4, 0.5) is 10.1 Å². The molecule has 0 aliphatic carbocycles. The summed E-state index contributed by atoms with van der Waals surface area (Å²) in [7, 11) is 0. The van der Waals surface area contributed by atoms with Crippen LogP contribution in [0.1, 0.15) is 17.3 Å². The molecule has 0 spiro atoms. The van der Waals surface area contributed by atoms with E-state index in [0.717, 1.165) is 0 Å². The molecule has 0 radical (unpaired) electrons. The molecule has 0 saturated carbocycles. The molecule has 2 rings (SSSR count). The van der Waals surface area contributed by atoms with Crippen molar-refractivity contribution in [1.82, 2.24) is 4.98 Å². The van der Waals surface area contributed by atoms with Crippen molar-refractivity contribution >= 4 is 27.6 Å². The summed E-state index contributed by atoms with van der Waals surface area (Å²) in [4.78, 5) is 15.7. The van der Waals surface area contributed by atoms with Crippen LogP contribution in [0.3, 0.4) is 0 Å². The molecule has 0 atom stereocenters. The number of carbonyl (C=O) groups excluding carboxylic acids is 1. The lowest BCUT2D eigenvalue weighted by Crippen LogP contribution is -2.09. The lowest BCUT2D eigenvalue weighted by atomic mass is 10.2. The number of pyridine rings is 1. The third-order valence-corrected chi connectivity index (χ3v) is 3.17. The number of carbonyl (C=O) groups is 1. The largest absolute Gasteiger partial charge is 0.462 e. The van der Waals surface area contributed by atoms with E-state index < -0.39 is 11.8 Å². The van der Waals surface area contributed by atoms with Crippen LogP contribution in [0.15, 0.2) is 34.9 Å². The van der Waals surface area contributed by atoms with Crippen LogP contribution in [-0.4, -0.2) is 17.6 Å². The van der Waals surface area contributed by atoms with E-state index in [1.807, 2.05) is 0 Å². The number of benzene rings is 1. The lowest BCUT2D eigenvalue weighted by molar-refractivity contribution is 0.0527. The number of nitrogens with zero attached hydrogens (tertiary/aromatic N) is 1. The monoisotopic (exact) mass is 354 g/mol. The Bertz CT molecular complexity index is 679. The molecule has 1 heterocycles. The van der Waals surface area contributed by atoms with Gasteiger partial charge in [0.15, 0.2) is 0 Å². The molecule has 7 heteroatoms. The Hall–Kier alpha value is -2.15. The Morgan fingerprint density at radius 3 is 2.86 bits per heavy atom. The predicted molar refractivity (Wildman–Crippen MR) is 78.8 cm³/mol. The van der Waals surface area contributed by atoms with Crippen LogP contribution in [0.5, 0.6) is 11.6 Å². The SMILES string of the molecule is CCOC(=O)c1ccnc(Oc2ccc(F)cc2Br)c1N. The number of hydrogen-bond acceptors (Lipinski definition) is 5. The zero-order chi connectivity index (χ0) is 15.4. The van der Waals surface area contributed by atoms with Crippen molar-refractivity contribution in [3.05, 3.63) is 46.3 Å². The maximum atomic E-state index is 13.0. The van der Waals surface area contributed by atoms with Gasteiger partial charge < -0.3 is 15.2 Å². The molecule has 0 saturated heterocycles. The second-order valence-electron chi connectivity index (χ2n) is 3.97. The van der Waals surface area contributed by atoms with Gasteiger partial charge in [-0.3, -0.25) is 0 Å². The van der Waals surface area contributed by atoms with Gasteiger partial charge in [-0.05, 0) is 47.1 Å². The van der Waals surface area contributed by atoms with Gasteiger partial charge >= 0.3 is 5.97 Å². The summed E-state index contributed by atoms with van der Waals surface area (Å²) >= 11 is 3.18. The molecular formula is C14H12BrFN2O3. The first-order valence-corrected chi connectivity index (χ1v) is 6.86. The third-order valence-electron chi connectivity index (χ3n) is 2.55. The molecule has 110 valence electrons. The molecule has 0 aliphatic heterocycles. The Morgan fingerprint density at radius 1 is 1.43 bits per heavy atom.